The van der Waals surface area contributed by atoms with Crippen LogP contribution >= 0.6 is 15.9 Å². The topological polar surface area (TPSA) is 38.0 Å². The molecule has 2 rings (SSSR count). The predicted molar refractivity (Wildman–Crippen MR) is 74.4 cm³/mol. The van der Waals surface area contributed by atoms with Crippen molar-refractivity contribution in [2.75, 3.05) is 0 Å². The Labute approximate surface area is 118 Å². The highest BCUT2D eigenvalue weighted by Gasteiger charge is 2.17. The van der Waals surface area contributed by atoms with Gasteiger partial charge in [0.25, 0.3) is 0 Å². The van der Waals surface area contributed by atoms with Crippen LogP contribution in [0.5, 0.6) is 0 Å². The van der Waals surface area contributed by atoms with Gasteiger partial charge in [-0.25, -0.2) is 14.2 Å². The zero-order valence-corrected chi connectivity index (χ0v) is 11.8. The summed E-state index contributed by atoms with van der Waals surface area (Å²) >= 11 is 3.41. The van der Waals surface area contributed by atoms with E-state index in [9.17, 15) is 8.78 Å². The van der Waals surface area contributed by atoms with Crippen LogP contribution < -0.4 is 11.3 Å². The van der Waals surface area contributed by atoms with Crippen LogP contribution in [-0.2, 0) is 0 Å². The number of hydrazine groups is 1. The molecule has 0 aliphatic carbocycles. The molecule has 0 saturated heterocycles. The molecule has 0 fully saturated rings. The fourth-order valence-corrected chi connectivity index (χ4v) is 2.20. The van der Waals surface area contributed by atoms with Crippen molar-refractivity contribution < 1.29 is 8.78 Å². The van der Waals surface area contributed by atoms with Crippen LogP contribution in [0.25, 0.3) is 0 Å². The average molecular weight is 327 g/mol. The molecule has 5 heteroatoms. The average Bonchev–Trinajstić information content (AvgIpc) is 2.37. The van der Waals surface area contributed by atoms with Crippen molar-refractivity contribution in [3.05, 3.63) is 69.2 Å². The Hall–Kier alpha value is -1.30. The molecule has 0 amide bonds. The normalized spacial score (nSPS) is 12.5. The Morgan fingerprint density at radius 2 is 1.89 bits per heavy atom. The van der Waals surface area contributed by atoms with Crippen LogP contribution in [-0.4, -0.2) is 0 Å². The summed E-state index contributed by atoms with van der Waals surface area (Å²) in [5, 5.41) is 0. The van der Waals surface area contributed by atoms with E-state index in [-0.39, 0.29) is 0 Å². The quantitative estimate of drug-likeness (QED) is 0.668. The highest BCUT2D eigenvalue weighted by atomic mass is 79.9. The largest absolute Gasteiger partial charge is 0.271 e. The maximum Gasteiger partial charge on any atom is 0.131 e. The molecule has 0 aliphatic rings. The van der Waals surface area contributed by atoms with E-state index in [4.69, 9.17) is 5.84 Å². The number of nitrogens with one attached hydrogen (secondary N) is 1. The van der Waals surface area contributed by atoms with Gasteiger partial charge in [-0.1, -0.05) is 34.1 Å². The Balaban J connectivity index is 2.46. The Morgan fingerprint density at radius 1 is 1.16 bits per heavy atom. The molecule has 0 radical (unpaired) electrons. The standard InChI is InChI=1S/C14H13BrF2N2/c1-8-6-9(2-5-12(8)15)14(19-18)11-4-3-10(16)7-13(11)17/h2-7,14,19H,18H2,1H3. The van der Waals surface area contributed by atoms with Gasteiger partial charge in [-0.3, -0.25) is 5.84 Å². The Morgan fingerprint density at radius 3 is 2.47 bits per heavy atom. The molecule has 0 bridgehead atoms. The molecule has 2 aromatic carbocycles. The first kappa shape index (κ1) is 14.1. The lowest BCUT2D eigenvalue weighted by Gasteiger charge is -2.18. The highest BCUT2D eigenvalue weighted by molar-refractivity contribution is 9.10. The maximum absolute atomic E-state index is 13.8. The molecule has 2 nitrogen and oxygen atoms in total. The van der Waals surface area contributed by atoms with Crippen molar-refractivity contribution in [3.63, 3.8) is 0 Å². The van der Waals surface area contributed by atoms with E-state index >= 15 is 0 Å². The van der Waals surface area contributed by atoms with Gasteiger partial charge < -0.3 is 0 Å². The summed E-state index contributed by atoms with van der Waals surface area (Å²) in [5.74, 6) is 4.28. The van der Waals surface area contributed by atoms with Gasteiger partial charge in [0.05, 0.1) is 6.04 Å². The first-order chi connectivity index (χ1) is 9.02. The van der Waals surface area contributed by atoms with Crippen LogP contribution in [0.3, 0.4) is 0 Å². The zero-order chi connectivity index (χ0) is 14.0. The summed E-state index contributed by atoms with van der Waals surface area (Å²) in [7, 11) is 0. The zero-order valence-electron chi connectivity index (χ0n) is 10.3. The number of halogens is 3. The molecule has 100 valence electrons. The van der Waals surface area contributed by atoms with E-state index in [0.717, 1.165) is 21.7 Å². The molecule has 19 heavy (non-hydrogen) atoms. The predicted octanol–water partition coefficient (Wildman–Crippen LogP) is 3.59. The van der Waals surface area contributed by atoms with E-state index < -0.39 is 17.7 Å². The van der Waals surface area contributed by atoms with Gasteiger partial charge in [-0.2, -0.15) is 0 Å². The molecule has 0 aromatic heterocycles. The van der Waals surface area contributed by atoms with Crippen molar-refractivity contribution in [3.8, 4) is 0 Å². The van der Waals surface area contributed by atoms with Gasteiger partial charge >= 0.3 is 0 Å². The second-order valence-electron chi connectivity index (χ2n) is 4.27. The number of aryl methyl sites for hydroxylation is 1. The van der Waals surface area contributed by atoms with Crippen molar-refractivity contribution in [2.45, 2.75) is 13.0 Å². The summed E-state index contributed by atoms with van der Waals surface area (Å²) in [5.41, 5.74) is 4.70. The second-order valence-corrected chi connectivity index (χ2v) is 5.13. The fraction of sp³-hybridized carbons (Fsp3) is 0.143. The van der Waals surface area contributed by atoms with Crippen molar-refractivity contribution >= 4 is 15.9 Å². The van der Waals surface area contributed by atoms with Crippen molar-refractivity contribution in [1.82, 2.24) is 5.43 Å². The van der Waals surface area contributed by atoms with Crippen LogP contribution in [0.2, 0.25) is 0 Å². The molecule has 0 spiro atoms. The number of rotatable bonds is 3. The van der Waals surface area contributed by atoms with Gasteiger partial charge in [-0.05, 0) is 30.2 Å². The molecule has 3 N–H and O–H groups in total. The summed E-state index contributed by atoms with van der Waals surface area (Å²) < 4.78 is 27.7. The van der Waals surface area contributed by atoms with Crippen molar-refractivity contribution in [1.29, 1.82) is 0 Å². The van der Waals surface area contributed by atoms with E-state index in [1.54, 1.807) is 0 Å². The van der Waals surface area contributed by atoms with E-state index in [1.165, 1.54) is 12.1 Å². The van der Waals surface area contributed by atoms with Gasteiger partial charge in [0.1, 0.15) is 11.6 Å². The number of hydrogen-bond donors (Lipinski definition) is 2. The SMILES string of the molecule is Cc1cc(C(NN)c2ccc(F)cc2F)ccc1Br. The summed E-state index contributed by atoms with van der Waals surface area (Å²) in [6, 6.07) is 8.55. The molecular formula is C14H13BrF2N2. The summed E-state index contributed by atoms with van der Waals surface area (Å²) in [6.45, 7) is 1.93. The molecule has 0 aliphatic heterocycles. The van der Waals surface area contributed by atoms with E-state index in [2.05, 4.69) is 21.4 Å². The third-order valence-corrected chi connectivity index (χ3v) is 3.85. The lowest BCUT2D eigenvalue weighted by molar-refractivity contribution is 0.541. The minimum absolute atomic E-state index is 0.311. The summed E-state index contributed by atoms with van der Waals surface area (Å²) in [6.07, 6.45) is 0. The Kier molecular flexibility index (Phi) is 4.29. The molecule has 0 saturated carbocycles. The maximum atomic E-state index is 13.8. The molecule has 0 heterocycles. The molecular weight excluding hydrogens is 314 g/mol. The lowest BCUT2D eigenvalue weighted by Crippen LogP contribution is -2.29. The van der Waals surface area contributed by atoms with Gasteiger partial charge in [-0.15, -0.1) is 0 Å². The van der Waals surface area contributed by atoms with Gasteiger partial charge in [0, 0.05) is 16.1 Å². The fourth-order valence-electron chi connectivity index (χ4n) is 1.95. The minimum Gasteiger partial charge on any atom is -0.271 e. The van der Waals surface area contributed by atoms with Crippen LogP contribution in [0.1, 0.15) is 22.7 Å². The van der Waals surface area contributed by atoms with Crippen LogP contribution in [0, 0.1) is 18.6 Å². The second kappa shape index (κ2) is 5.77. The van der Waals surface area contributed by atoms with Gasteiger partial charge in [0.2, 0.25) is 0 Å². The minimum atomic E-state index is -0.622. The first-order valence-corrected chi connectivity index (χ1v) is 6.49. The third-order valence-electron chi connectivity index (χ3n) is 2.96. The molecule has 1 unspecified atom stereocenters. The van der Waals surface area contributed by atoms with Crippen LogP contribution in [0.4, 0.5) is 8.78 Å². The number of hydrogen-bond acceptors (Lipinski definition) is 2. The Bertz CT molecular complexity index is 602. The lowest BCUT2D eigenvalue weighted by atomic mass is 9.97. The van der Waals surface area contributed by atoms with Crippen molar-refractivity contribution in [2.24, 2.45) is 5.84 Å². The third kappa shape index (κ3) is 3.00. The van der Waals surface area contributed by atoms with E-state index in [1.807, 2.05) is 25.1 Å². The van der Waals surface area contributed by atoms with Crippen LogP contribution in [0.15, 0.2) is 40.9 Å². The smallest absolute Gasteiger partial charge is 0.131 e. The first-order valence-electron chi connectivity index (χ1n) is 5.70. The number of benzene rings is 2. The number of nitrogens with two attached hydrogens (primary N) is 1. The highest BCUT2D eigenvalue weighted by Crippen LogP contribution is 2.27. The summed E-state index contributed by atoms with van der Waals surface area (Å²) in [4.78, 5) is 0. The molecule has 1 atom stereocenters. The van der Waals surface area contributed by atoms with E-state index in [0.29, 0.717) is 5.56 Å². The monoisotopic (exact) mass is 326 g/mol. The van der Waals surface area contributed by atoms with Gasteiger partial charge in [0.15, 0.2) is 0 Å². The molecule has 2 aromatic rings.